The summed E-state index contributed by atoms with van der Waals surface area (Å²) in [6.45, 7) is 9.19. The van der Waals surface area contributed by atoms with E-state index < -0.39 is 11.8 Å². The Kier molecular flexibility index (Phi) is 5.41. The minimum absolute atomic E-state index is 0.165. The summed E-state index contributed by atoms with van der Waals surface area (Å²) in [6, 6.07) is 0. The largest absolute Gasteiger partial charge is 0.286 e. The minimum Gasteiger partial charge on any atom is -0.286 e. The lowest BCUT2D eigenvalue weighted by molar-refractivity contribution is -0.176. The molecule has 16 heavy (non-hydrogen) atoms. The van der Waals surface area contributed by atoms with Crippen LogP contribution in [-0.4, -0.2) is 45.4 Å². The minimum atomic E-state index is -0.656. The highest BCUT2D eigenvalue weighted by Crippen LogP contribution is 1.98. The zero-order valence-electron chi connectivity index (χ0n) is 9.43. The van der Waals surface area contributed by atoms with Crippen molar-refractivity contribution in [1.82, 2.24) is 10.1 Å². The van der Waals surface area contributed by atoms with E-state index in [1.165, 1.54) is 13.8 Å². The molecule has 0 heterocycles. The molecule has 0 aromatic heterocycles. The lowest BCUT2D eigenvalue weighted by atomic mass is 10.3. The third-order valence-corrected chi connectivity index (χ3v) is 1.72. The molecular formula is C10H16N2O4. The molecular weight excluding hydrogens is 212 g/mol. The molecule has 6 nitrogen and oxygen atoms in total. The van der Waals surface area contributed by atoms with E-state index >= 15 is 0 Å². The van der Waals surface area contributed by atoms with Gasteiger partial charge in [-0.1, -0.05) is 13.2 Å². The normalized spacial score (nSPS) is 9.50. The predicted molar refractivity (Wildman–Crippen MR) is 56.6 cm³/mol. The summed E-state index contributed by atoms with van der Waals surface area (Å²) in [5.74, 6) is -1.31. The van der Waals surface area contributed by atoms with Crippen LogP contribution in [0.3, 0.4) is 0 Å². The van der Waals surface area contributed by atoms with Gasteiger partial charge in [0, 0.05) is 11.1 Å². The Bertz CT molecular complexity index is 293. The first-order valence-electron chi connectivity index (χ1n) is 4.60. The monoisotopic (exact) mass is 228 g/mol. The Hall–Kier alpha value is -1.66. The van der Waals surface area contributed by atoms with Gasteiger partial charge in [0.25, 0.3) is 11.8 Å². The van der Waals surface area contributed by atoms with Gasteiger partial charge in [0.2, 0.25) is 0 Å². The van der Waals surface area contributed by atoms with Gasteiger partial charge in [0.15, 0.2) is 0 Å². The van der Waals surface area contributed by atoms with Crippen molar-refractivity contribution in [1.29, 1.82) is 0 Å². The SMILES string of the molecule is C=C(C)C(=O)N(O)CCN(O)C(=O)C(=C)C. The van der Waals surface area contributed by atoms with Crippen LogP contribution in [0.2, 0.25) is 0 Å². The molecule has 0 fully saturated rings. The van der Waals surface area contributed by atoms with Crippen molar-refractivity contribution in [3.63, 3.8) is 0 Å². The summed E-state index contributed by atoms with van der Waals surface area (Å²) < 4.78 is 0. The molecule has 0 saturated heterocycles. The van der Waals surface area contributed by atoms with Crippen molar-refractivity contribution in [2.24, 2.45) is 0 Å². The Morgan fingerprint density at radius 2 is 1.19 bits per heavy atom. The van der Waals surface area contributed by atoms with Crippen LogP contribution in [0.15, 0.2) is 24.3 Å². The highest BCUT2D eigenvalue weighted by Gasteiger charge is 2.15. The van der Waals surface area contributed by atoms with Crippen molar-refractivity contribution in [3.8, 4) is 0 Å². The van der Waals surface area contributed by atoms with E-state index in [1.54, 1.807) is 0 Å². The molecule has 0 radical (unpaired) electrons. The average Bonchev–Trinajstić information content (AvgIpc) is 2.22. The average molecular weight is 228 g/mol. The summed E-state index contributed by atoms with van der Waals surface area (Å²) in [5.41, 5.74) is 0.330. The molecule has 0 aliphatic heterocycles. The first-order valence-corrected chi connectivity index (χ1v) is 4.60. The quantitative estimate of drug-likeness (QED) is 0.409. The summed E-state index contributed by atoms with van der Waals surface area (Å²) in [5, 5.41) is 19.2. The molecule has 0 aliphatic rings. The van der Waals surface area contributed by atoms with Crippen molar-refractivity contribution in [2.45, 2.75) is 13.8 Å². The van der Waals surface area contributed by atoms with Crippen molar-refractivity contribution >= 4 is 11.8 Å². The van der Waals surface area contributed by atoms with E-state index in [1.807, 2.05) is 0 Å². The van der Waals surface area contributed by atoms with Crippen LogP contribution >= 0.6 is 0 Å². The number of carbonyl (C=O) groups is 2. The van der Waals surface area contributed by atoms with Crippen molar-refractivity contribution in [2.75, 3.05) is 13.1 Å². The predicted octanol–water partition coefficient (Wildman–Crippen LogP) is 0.574. The number of carbonyl (C=O) groups excluding carboxylic acids is 2. The first-order chi connectivity index (χ1) is 7.27. The third-order valence-electron chi connectivity index (χ3n) is 1.72. The Morgan fingerprint density at radius 1 is 0.938 bits per heavy atom. The summed E-state index contributed by atoms with van der Waals surface area (Å²) >= 11 is 0. The van der Waals surface area contributed by atoms with E-state index in [4.69, 9.17) is 0 Å². The molecule has 0 aromatic rings. The number of rotatable bonds is 5. The van der Waals surface area contributed by atoms with Gasteiger partial charge < -0.3 is 0 Å². The molecule has 0 saturated carbocycles. The fourth-order valence-corrected chi connectivity index (χ4v) is 0.833. The second-order valence-electron chi connectivity index (χ2n) is 3.42. The maximum atomic E-state index is 11.1. The maximum absolute atomic E-state index is 11.1. The van der Waals surface area contributed by atoms with E-state index in [0.29, 0.717) is 10.1 Å². The van der Waals surface area contributed by atoms with Gasteiger partial charge in [-0.25, -0.2) is 10.1 Å². The van der Waals surface area contributed by atoms with Gasteiger partial charge in [-0.05, 0) is 13.8 Å². The van der Waals surface area contributed by atoms with Crippen LogP contribution in [0.25, 0.3) is 0 Å². The van der Waals surface area contributed by atoms with Crippen molar-refractivity contribution < 1.29 is 20.0 Å². The van der Waals surface area contributed by atoms with Crippen LogP contribution < -0.4 is 0 Å². The van der Waals surface area contributed by atoms with Crippen LogP contribution in [0, 0.1) is 0 Å². The molecule has 0 bridgehead atoms. The second kappa shape index (κ2) is 6.04. The zero-order valence-corrected chi connectivity index (χ0v) is 9.43. The number of amides is 2. The molecule has 0 spiro atoms. The van der Waals surface area contributed by atoms with Crippen molar-refractivity contribution in [3.05, 3.63) is 24.3 Å². The highest BCUT2D eigenvalue weighted by atomic mass is 16.5. The summed E-state index contributed by atoms with van der Waals surface area (Å²) in [7, 11) is 0. The molecule has 0 aliphatic carbocycles. The number of hydrogen-bond donors (Lipinski definition) is 2. The molecule has 90 valence electrons. The molecule has 2 amide bonds. The standard InChI is InChI=1S/C10H16N2O4/c1-7(2)9(13)11(15)5-6-12(16)10(14)8(3)4/h15-16H,1,3,5-6H2,2,4H3. The van der Waals surface area contributed by atoms with Crippen LogP contribution in [-0.2, 0) is 9.59 Å². The van der Waals surface area contributed by atoms with Crippen LogP contribution in [0.1, 0.15) is 13.8 Å². The lowest BCUT2D eigenvalue weighted by Gasteiger charge is -2.19. The zero-order chi connectivity index (χ0) is 12.9. The van der Waals surface area contributed by atoms with Gasteiger partial charge in [0.05, 0.1) is 13.1 Å². The maximum Gasteiger partial charge on any atom is 0.272 e. The lowest BCUT2D eigenvalue weighted by Crippen LogP contribution is -2.38. The number of nitrogens with zero attached hydrogens (tertiary/aromatic N) is 2. The van der Waals surface area contributed by atoms with E-state index in [-0.39, 0.29) is 24.2 Å². The molecule has 0 atom stereocenters. The summed E-state index contributed by atoms with van der Waals surface area (Å²) in [6.07, 6.45) is 0. The second-order valence-corrected chi connectivity index (χ2v) is 3.42. The highest BCUT2D eigenvalue weighted by molar-refractivity contribution is 5.92. The van der Waals surface area contributed by atoms with E-state index in [2.05, 4.69) is 13.2 Å². The number of hydroxylamine groups is 4. The first kappa shape index (κ1) is 14.3. The number of hydrogen-bond acceptors (Lipinski definition) is 4. The molecule has 0 aromatic carbocycles. The van der Waals surface area contributed by atoms with E-state index in [9.17, 15) is 20.0 Å². The molecule has 6 heteroatoms. The van der Waals surface area contributed by atoms with E-state index in [0.717, 1.165) is 0 Å². The topological polar surface area (TPSA) is 81.1 Å². The summed E-state index contributed by atoms with van der Waals surface area (Å²) in [4.78, 5) is 22.3. The molecule has 0 rings (SSSR count). The van der Waals surface area contributed by atoms with Gasteiger partial charge >= 0.3 is 0 Å². The molecule has 2 N–H and O–H groups in total. The van der Waals surface area contributed by atoms with Gasteiger partial charge in [0.1, 0.15) is 0 Å². The van der Waals surface area contributed by atoms with Gasteiger partial charge in [-0.3, -0.25) is 20.0 Å². The van der Waals surface area contributed by atoms with Gasteiger partial charge in [-0.15, -0.1) is 0 Å². The van der Waals surface area contributed by atoms with Gasteiger partial charge in [-0.2, -0.15) is 0 Å². The van der Waals surface area contributed by atoms with Crippen LogP contribution in [0.5, 0.6) is 0 Å². The smallest absolute Gasteiger partial charge is 0.272 e. The Morgan fingerprint density at radius 3 is 1.38 bits per heavy atom. The Balaban J connectivity index is 4.16. The van der Waals surface area contributed by atoms with Crippen LogP contribution in [0.4, 0.5) is 0 Å². The third kappa shape index (κ3) is 4.24. The fourth-order valence-electron chi connectivity index (χ4n) is 0.833. The Labute approximate surface area is 94.0 Å². The fraction of sp³-hybridized carbons (Fsp3) is 0.400. The molecule has 0 unspecified atom stereocenters.